The van der Waals surface area contributed by atoms with Gasteiger partial charge in [0.25, 0.3) is 0 Å². The Hall–Kier alpha value is -3.06. The van der Waals surface area contributed by atoms with E-state index in [0.29, 0.717) is 6.61 Å². The fourth-order valence-corrected chi connectivity index (χ4v) is 4.79. The standard InChI is InChI=1S/C30H30O5/c1-2-15-30(20-33-18-21-11-13-23-7-3-5-9-25(23)16-21)28(27(31)29(32)35-30)34-19-22-12-14-24-8-4-6-10-26(24)17-22/h2-17,27-29,31-32H,18-20H2,1H3/b15-2+/t27-,28+,29?,30-/m1/s1. The van der Waals surface area contributed by atoms with Crippen LogP contribution in [0.25, 0.3) is 21.5 Å². The first-order valence-electron chi connectivity index (χ1n) is 11.9. The van der Waals surface area contributed by atoms with Gasteiger partial charge in [-0.25, -0.2) is 0 Å². The molecule has 4 aromatic rings. The van der Waals surface area contributed by atoms with Crippen molar-refractivity contribution in [3.8, 4) is 0 Å². The fourth-order valence-electron chi connectivity index (χ4n) is 4.79. The molecule has 1 aliphatic rings. The highest BCUT2D eigenvalue weighted by Gasteiger charge is 2.54. The third-order valence-corrected chi connectivity index (χ3v) is 6.53. The van der Waals surface area contributed by atoms with Crippen LogP contribution >= 0.6 is 0 Å². The van der Waals surface area contributed by atoms with Crippen LogP contribution in [0.2, 0.25) is 0 Å². The Morgan fingerprint density at radius 2 is 1.37 bits per heavy atom. The highest BCUT2D eigenvalue weighted by atomic mass is 16.7. The van der Waals surface area contributed by atoms with Gasteiger partial charge in [0.1, 0.15) is 17.8 Å². The zero-order chi connectivity index (χ0) is 24.3. The number of ether oxygens (including phenoxy) is 3. The molecule has 5 nitrogen and oxygen atoms in total. The molecule has 0 spiro atoms. The maximum Gasteiger partial charge on any atom is 0.184 e. The van der Waals surface area contributed by atoms with Crippen LogP contribution in [-0.2, 0) is 27.4 Å². The van der Waals surface area contributed by atoms with Crippen LogP contribution in [0.4, 0.5) is 0 Å². The normalized spacial score (nSPS) is 24.6. The predicted molar refractivity (Wildman–Crippen MR) is 137 cm³/mol. The summed E-state index contributed by atoms with van der Waals surface area (Å²) in [5.41, 5.74) is 0.900. The summed E-state index contributed by atoms with van der Waals surface area (Å²) in [5.74, 6) is 0. The number of hydrogen-bond donors (Lipinski definition) is 2. The molecule has 35 heavy (non-hydrogen) atoms. The Balaban J connectivity index is 1.30. The van der Waals surface area contributed by atoms with Crippen molar-refractivity contribution >= 4 is 21.5 Å². The van der Waals surface area contributed by atoms with Crippen molar-refractivity contribution in [2.75, 3.05) is 6.61 Å². The minimum Gasteiger partial charge on any atom is -0.385 e. The van der Waals surface area contributed by atoms with Gasteiger partial charge in [-0.15, -0.1) is 0 Å². The van der Waals surface area contributed by atoms with Crippen molar-refractivity contribution < 1.29 is 24.4 Å². The molecule has 1 saturated heterocycles. The first-order valence-corrected chi connectivity index (χ1v) is 11.9. The van der Waals surface area contributed by atoms with Gasteiger partial charge in [-0.1, -0.05) is 84.9 Å². The van der Waals surface area contributed by atoms with Crippen LogP contribution in [0.5, 0.6) is 0 Å². The van der Waals surface area contributed by atoms with E-state index in [1.807, 2.05) is 49.4 Å². The Labute approximate surface area is 205 Å². The minimum atomic E-state index is -1.36. The van der Waals surface area contributed by atoms with Gasteiger partial charge in [-0.05, 0) is 51.7 Å². The SMILES string of the molecule is C/C=C/[C@]1(COCc2ccc3ccccc3c2)OC(O)[C@H](O)[C@@H]1OCc1ccc2ccccc2c1. The van der Waals surface area contributed by atoms with Crippen LogP contribution in [0, 0.1) is 0 Å². The molecule has 1 unspecified atom stereocenters. The Bertz CT molecular complexity index is 1330. The van der Waals surface area contributed by atoms with Gasteiger partial charge in [-0.3, -0.25) is 0 Å². The summed E-state index contributed by atoms with van der Waals surface area (Å²) < 4.78 is 18.1. The van der Waals surface area contributed by atoms with E-state index in [2.05, 4.69) is 48.5 Å². The van der Waals surface area contributed by atoms with Crippen molar-refractivity contribution in [2.24, 2.45) is 0 Å². The summed E-state index contributed by atoms with van der Waals surface area (Å²) in [6, 6.07) is 28.7. The summed E-state index contributed by atoms with van der Waals surface area (Å²) in [7, 11) is 0. The molecule has 5 heteroatoms. The molecular weight excluding hydrogens is 440 g/mol. The molecule has 0 amide bonds. The third kappa shape index (κ3) is 5.01. The van der Waals surface area contributed by atoms with E-state index in [-0.39, 0.29) is 13.2 Å². The average Bonchev–Trinajstić information content (AvgIpc) is 3.11. The van der Waals surface area contributed by atoms with Crippen LogP contribution < -0.4 is 0 Å². The van der Waals surface area contributed by atoms with E-state index < -0.39 is 24.1 Å². The van der Waals surface area contributed by atoms with Gasteiger partial charge in [-0.2, -0.15) is 0 Å². The van der Waals surface area contributed by atoms with Crippen molar-refractivity contribution in [1.82, 2.24) is 0 Å². The zero-order valence-corrected chi connectivity index (χ0v) is 19.7. The summed E-state index contributed by atoms with van der Waals surface area (Å²) >= 11 is 0. The zero-order valence-electron chi connectivity index (χ0n) is 19.7. The van der Waals surface area contributed by atoms with Crippen LogP contribution in [-0.4, -0.2) is 40.9 Å². The molecule has 1 heterocycles. The Morgan fingerprint density at radius 3 is 1.97 bits per heavy atom. The Kier molecular flexibility index (Phi) is 6.95. The van der Waals surface area contributed by atoms with Gasteiger partial charge in [0.2, 0.25) is 0 Å². The number of allylic oxidation sites excluding steroid dienone is 1. The van der Waals surface area contributed by atoms with Crippen LogP contribution in [0.15, 0.2) is 97.1 Å². The molecule has 0 bridgehead atoms. The largest absolute Gasteiger partial charge is 0.385 e. The Morgan fingerprint density at radius 1 is 0.800 bits per heavy atom. The first-order chi connectivity index (χ1) is 17.1. The molecule has 0 radical (unpaired) electrons. The molecule has 0 saturated carbocycles. The second kappa shape index (κ2) is 10.3. The van der Waals surface area contributed by atoms with E-state index in [1.54, 1.807) is 6.08 Å². The molecule has 0 aliphatic carbocycles. The predicted octanol–water partition coefficient (Wildman–Crippen LogP) is 5.12. The maximum absolute atomic E-state index is 10.7. The van der Waals surface area contributed by atoms with E-state index >= 15 is 0 Å². The van der Waals surface area contributed by atoms with Crippen molar-refractivity contribution in [3.05, 3.63) is 108 Å². The molecule has 1 aliphatic heterocycles. The monoisotopic (exact) mass is 470 g/mol. The van der Waals surface area contributed by atoms with Gasteiger partial charge < -0.3 is 24.4 Å². The van der Waals surface area contributed by atoms with Gasteiger partial charge in [0.05, 0.1) is 19.8 Å². The number of aliphatic hydroxyl groups excluding tert-OH is 2. The number of aliphatic hydroxyl groups is 2. The molecule has 5 rings (SSSR count). The van der Waals surface area contributed by atoms with E-state index in [1.165, 1.54) is 5.39 Å². The van der Waals surface area contributed by atoms with Gasteiger partial charge in [0, 0.05) is 0 Å². The van der Waals surface area contributed by atoms with Crippen molar-refractivity contribution in [3.63, 3.8) is 0 Å². The maximum atomic E-state index is 10.7. The van der Waals surface area contributed by atoms with Gasteiger partial charge >= 0.3 is 0 Å². The number of benzene rings is 4. The molecule has 0 aromatic heterocycles. The second-order valence-corrected chi connectivity index (χ2v) is 9.04. The smallest absolute Gasteiger partial charge is 0.184 e. The van der Waals surface area contributed by atoms with Crippen LogP contribution in [0.3, 0.4) is 0 Å². The third-order valence-electron chi connectivity index (χ3n) is 6.53. The lowest BCUT2D eigenvalue weighted by Crippen LogP contribution is -2.47. The number of fused-ring (bicyclic) bond motifs is 2. The fraction of sp³-hybridized carbons (Fsp3) is 0.267. The number of rotatable bonds is 8. The first kappa shape index (κ1) is 23.7. The lowest BCUT2D eigenvalue weighted by atomic mass is 9.95. The molecule has 2 N–H and O–H groups in total. The molecule has 180 valence electrons. The highest BCUT2D eigenvalue weighted by Crippen LogP contribution is 2.35. The number of hydrogen-bond acceptors (Lipinski definition) is 5. The van der Waals surface area contributed by atoms with E-state index in [4.69, 9.17) is 14.2 Å². The van der Waals surface area contributed by atoms with Crippen molar-refractivity contribution in [2.45, 2.75) is 44.2 Å². The minimum absolute atomic E-state index is 0.126. The van der Waals surface area contributed by atoms with Gasteiger partial charge in [0.15, 0.2) is 6.29 Å². The summed E-state index contributed by atoms with van der Waals surface area (Å²) in [6.07, 6.45) is 0.277. The summed E-state index contributed by atoms with van der Waals surface area (Å²) in [4.78, 5) is 0. The average molecular weight is 471 g/mol. The quantitative estimate of drug-likeness (QED) is 0.350. The lowest BCUT2D eigenvalue weighted by molar-refractivity contribution is -0.166. The molecular formula is C30H30O5. The molecule has 1 fully saturated rings. The lowest BCUT2D eigenvalue weighted by Gasteiger charge is -2.31. The second-order valence-electron chi connectivity index (χ2n) is 9.04. The summed E-state index contributed by atoms with van der Waals surface area (Å²) in [6.45, 7) is 2.64. The topological polar surface area (TPSA) is 68.2 Å². The molecule has 4 atom stereocenters. The van der Waals surface area contributed by atoms with E-state index in [0.717, 1.165) is 27.3 Å². The highest BCUT2D eigenvalue weighted by molar-refractivity contribution is 5.83. The summed E-state index contributed by atoms with van der Waals surface area (Å²) in [5, 5.41) is 25.7. The van der Waals surface area contributed by atoms with E-state index in [9.17, 15) is 10.2 Å². The van der Waals surface area contributed by atoms with Crippen molar-refractivity contribution in [1.29, 1.82) is 0 Å². The molecule has 4 aromatic carbocycles. The van der Waals surface area contributed by atoms with Crippen LogP contribution in [0.1, 0.15) is 18.1 Å².